The molecule has 1 unspecified atom stereocenters. The van der Waals surface area contributed by atoms with Gasteiger partial charge in [-0.1, -0.05) is 36.4 Å². The molecular formula is C17H25NO2. The molecule has 0 radical (unpaired) electrons. The van der Waals surface area contributed by atoms with E-state index >= 15 is 0 Å². The summed E-state index contributed by atoms with van der Waals surface area (Å²) in [5.74, 6) is 0. The van der Waals surface area contributed by atoms with Gasteiger partial charge in [0.2, 0.25) is 0 Å². The Kier molecular flexibility index (Phi) is 6.29. The highest BCUT2D eigenvalue weighted by atomic mass is 16.6. The van der Waals surface area contributed by atoms with Gasteiger partial charge in [0.25, 0.3) is 0 Å². The highest BCUT2D eigenvalue weighted by Gasteiger charge is 2.24. The van der Waals surface area contributed by atoms with Gasteiger partial charge in [-0.3, -0.25) is 0 Å². The highest BCUT2D eigenvalue weighted by Crippen LogP contribution is 2.21. The fourth-order valence-electron chi connectivity index (χ4n) is 2.22. The standard InChI is InChI=1S/C17H25NO2/c1-6-10-16(15-11-8-7-9-12-15)20-17(19)18(13(2)3)14(4)5/h6-14,16H,1-5H3/b10-6+. The molecule has 0 spiro atoms. The first-order chi connectivity index (χ1) is 9.47. The van der Waals surface area contributed by atoms with Gasteiger partial charge in [0, 0.05) is 12.1 Å². The van der Waals surface area contributed by atoms with Crippen molar-refractivity contribution in [2.75, 3.05) is 0 Å². The molecule has 1 amide bonds. The van der Waals surface area contributed by atoms with Crippen LogP contribution in [0.25, 0.3) is 0 Å². The molecule has 0 aromatic heterocycles. The SMILES string of the molecule is C/C=C/C(OC(=O)N(C(C)C)C(C)C)c1ccccc1. The van der Waals surface area contributed by atoms with E-state index in [1.54, 1.807) is 4.90 Å². The van der Waals surface area contributed by atoms with Crippen molar-refractivity contribution in [1.29, 1.82) is 0 Å². The van der Waals surface area contributed by atoms with Crippen LogP contribution in [-0.4, -0.2) is 23.1 Å². The Labute approximate surface area is 122 Å². The van der Waals surface area contributed by atoms with Gasteiger partial charge < -0.3 is 9.64 Å². The van der Waals surface area contributed by atoms with E-state index in [0.717, 1.165) is 5.56 Å². The molecule has 1 aromatic rings. The molecule has 0 aliphatic rings. The van der Waals surface area contributed by atoms with Crippen LogP contribution in [0.4, 0.5) is 4.79 Å². The number of carbonyl (C=O) groups excluding carboxylic acids is 1. The third-order valence-electron chi connectivity index (χ3n) is 3.05. The average molecular weight is 275 g/mol. The molecule has 0 N–H and O–H groups in total. The monoisotopic (exact) mass is 275 g/mol. The molecule has 0 saturated heterocycles. The van der Waals surface area contributed by atoms with E-state index in [9.17, 15) is 4.79 Å². The van der Waals surface area contributed by atoms with Crippen LogP contribution in [0.2, 0.25) is 0 Å². The van der Waals surface area contributed by atoms with Gasteiger partial charge in [0.1, 0.15) is 6.10 Å². The fourth-order valence-corrected chi connectivity index (χ4v) is 2.22. The average Bonchev–Trinajstić information content (AvgIpc) is 2.38. The molecule has 110 valence electrons. The smallest absolute Gasteiger partial charge is 0.411 e. The molecular weight excluding hydrogens is 250 g/mol. The lowest BCUT2D eigenvalue weighted by Crippen LogP contribution is -2.42. The van der Waals surface area contributed by atoms with Gasteiger partial charge in [-0.2, -0.15) is 0 Å². The Hall–Kier alpha value is -1.77. The minimum atomic E-state index is -0.339. The second kappa shape index (κ2) is 7.73. The van der Waals surface area contributed by atoms with Crippen molar-refractivity contribution in [3.8, 4) is 0 Å². The van der Waals surface area contributed by atoms with Crippen molar-refractivity contribution in [3.63, 3.8) is 0 Å². The zero-order valence-electron chi connectivity index (χ0n) is 13.0. The number of rotatable bonds is 5. The second-order valence-electron chi connectivity index (χ2n) is 5.34. The first-order valence-electron chi connectivity index (χ1n) is 7.14. The zero-order valence-corrected chi connectivity index (χ0v) is 13.0. The zero-order chi connectivity index (χ0) is 15.1. The van der Waals surface area contributed by atoms with Gasteiger partial charge in [-0.15, -0.1) is 0 Å². The predicted molar refractivity (Wildman–Crippen MR) is 82.6 cm³/mol. The van der Waals surface area contributed by atoms with Crippen LogP contribution in [0.3, 0.4) is 0 Å². The van der Waals surface area contributed by atoms with E-state index in [2.05, 4.69) is 0 Å². The first-order valence-corrected chi connectivity index (χ1v) is 7.14. The predicted octanol–water partition coefficient (Wildman–Crippen LogP) is 4.56. The van der Waals surface area contributed by atoms with E-state index < -0.39 is 0 Å². The van der Waals surface area contributed by atoms with E-state index in [1.807, 2.05) is 77.1 Å². The number of hydrogen-bond acceptors (Lipinski definition) is 2. The number of nitrogens with zero attached hydrogens (tertiary/aromatic N) is 1. The van der Waals surface area contributed by atoms with Crippen molar-refractivity contribution >= 4 is 6.09 Å². The molecule has 3 heteroatoms. The lowest BCUT2D eigenvalue weighted by Gasteiger charge is -2.31. The minimum absolute atomic E-state index is 0.115. The van der Waals surface area contributed by atoms with Crippen LogP contribution in [-0.2, 0) is 4.74 Å². The molecule has 3 nitrogen and oxygen atoms in total. The number of ether oxygens (including phenoxy) is 1. The summed E-state index contributed by atoms with van der Waals surface area (Å²) in [7, 11) is 0. The third kappa shape index (κ3) is 4.41. The highest BCUT2D eigenvalue weighted by molar-refractivity contribution is 5.69. The van der Waals surface area contributed by atoms with Crippen molar-refractivity contribution in [1.82, 2.24) is 4.90 Å². The number of carbonyl (C=O) groups is 1. The molecule has 0 saturated carbocycles. The summed E-state index contributed by atoms with van der Waals surface area (Å²) in [4.78, 5) is 14.1. The van der Waals surface area contributed by atoms with Crippen molar-refractivity contribution in [2.45, 2.75) is 52.8 Å². The summed E-state index contributed by atoms with van der Waals surface area (Å²) in [6.07, 6.45) is 3.18. The van der Waals surface area contributed by atoms with Crippen molar-refractivity contribution < 1.29 is 9.53 Å². The molecule has 0 bridgehead atoms. The summed E-state index contributed by atoms with van der Waals surface area (Å²) >= 11 is 0. The Bertz CT molecular complexity index is 430. The van der Waals surface area contributed by atoms with Crippen molar-refractivity contribution in [3.05, 3.63) is 48.0 Å². The van der Waals surface area contributed by atoms with Gasteiger partial charge >= 0.3 is 6.09 Å². The van der Waals surface area contributed by atoms with Gasteiger partial charge in [-0.25, -0.2) is 4.79 Å². The van der Waals surface area contributed by atoms with Crippen LogP contribution in [0.15, 0.2) is 42.5 Å². The third-order valence-corrected chi connectivity index (χ3v) is 3.05. The summed E-state index contributed by atoms with van der Waals surface area (Å²) in [6.45, 7) is 9.90. The van der Waals surface area contributed by atoms with Gasteiger partial charge in [-0.05, 0) is 46.3 Å². The first kappa shape index (κ1) is 16.3. The van der Waals surface area contributed by atoms with E-state index in [0.29, 0.717) is 0 Å². The lowest BCUT2D eigenvalue weighted by atomic mass is 10.1. The van der Waals surface area contributed by atoms with Crippen LogP contribution in [0, 0.1) is 0 Å². The fraction of sp³-hybridized carbons (Fsp3) is 0.471. The second-order valence-corrected chi connectivity index (χ2v) is 5.34. The van der Waals surface area contributed by atoms with E-state index in [1.165, 1.54) is 0 Å². The largest absolute Gasteiger partial charge is 0.437 e. The maximum Gasteiger partial charge on any atom is 0.411 e. The van der Waals surface area contributed by atoms with E-state index in [-0.39, 0.29) is 24.3 Å². The molecule has 0 aliphatic heterocycles. The Balaban J connectivity index is 2.88. The molecule has 0 fully saturated rings. The van der Waals surface area contributed by atoms with Gasteiger partial charge in [0.05, 0.1) is 0 Å². The number of amides is 1. The number of hydrogen-bond donors (Lipinski definition) is 0. The van der Waals surface area contributed by atoms with Crippen molar-refractivity contribution in [2.24, 2.45) is 0 Å². The summed E-state index contributed by atoms with van der Waals surface area (Å²) in [5.41, 5.74) is 0.978. The molecule has 0 aliphatic carbocycles. The topological polar surface area (TPSA) is 29.5 Å². The Morgan fingerprint density at radius 2 is 1.65 bits per heavy atom. The normalized spacial score (nSPS) is 12.9. The Morgan fingerprint density at radius 3 is 2.10 bits per heavy atom. The lowest BCUT2D eigenvalue weighted by molar-refractivity contribution is 0.0599. The quantitative estimate of drug-likeness (QED) is 0.737. The molecule has 1 aromatic carbocycles. The number of allylic oxidation sites excluding steroid dienone is 1. The molecule has 0 heterocycles. The summed E-state index contributed by atoms with van der Waals surface area (Å²) < 4.78 is 5.66. The minimum Gasteiger partial charge on any atom is -0.437 e. The molecule has 1 rings (SSSR count). The summed E-state index contributed by atoms with van der Waals surface area (Å²) in [6, 6.07) is 10.0. The Morgan fingerprint density at radius 1 is 1.10 bits per heavy atom. The van der Waals surface area contributed by atoms with Gasteiger partial charge in [0.15, 0.2) is 0 Å². The maximum absolute atomic E-state index is 12.4. The van der Waals surface area contributed by atoms with Crippen LogP contribution >= 0.6 is 0 Å². The van der Waals surface area contributed by atoms with Crippen LogP contribution in [0.1, 0.15) is 46.3 Å². The summed E-state index contributed by atoms with van der Waals surface area (Å²) in [5, 5.41) is 0. The van der Waals surface area contributed by atoms with Crippen LogP contribution < -0.4 is 0 Å². The number of benzene rings is 1. The maximum atomic E-state index is 12.4. The van der Waals surface area contributed by atoms with Crippen LogP contribution in [0.5, 0.6) is 0 Å². The van der Waals surface area contributed by atoms with E-state index in [4.69, 9.17) is 4.74 Å². The molecule has 1 atom stereocenters. The molecule has 20 heavy (non-hydrogen) atoms.